The van der Waals surface area contributed by atoms with E-state index in [4.69, 9.17) is 4.99 Å². The fourth-order valence-corrected chi connectivity index (χ4v) is 4.15. The van der Waals surface area contributed by atoms with Gasteiger partial charge in [0.2, 0.25) is 6.17 Å². The highest BCUT2D eigenvalue weighted by molar-refractivity contribution is 6.20. The van der Waals surface area contributed by atoms with Crippen LogP contribution in [0.25, 0.3) is 10.9 Å². The van der Waals surface area contributed by atoms with E-state index >= 15 is 0 Å². The van der Waals surface area contributed by atoms with E-state index in [1.807, 2.05) is 96.5 Å². The van der Waals surface area contributed by atoms with Gasteiger partial charge in [-0.3, -0.25) is 9.59 Å². The van der Waals surface area contributed by atoms with Gasteiger partial charge in [-0.2, -0.15) is 0 Å². The van der Waals surface area contributed by atoms with Crippen LogP contribution in [0.1, 0.15) is 21.6 Å². The number of aryl methyl sites for hydroxylation is 1. The maximum atomic E-state index is 13.3. The highest BCUT2D eigenvalue weighted by Crippen LogP contribution is 2.27. The van der Waals surface area contributed by atoms with Gasteiger partial charge >= 0.3 is 0 Å². The Hall–Kier alpha value is -4.19. The van der Waals surface area contributed by atoms with Crippen molar-refractivity contribution in [1.29, 1.82) is 0 Å². The molecule has 1 atom stereocenters. The third-order valence-corrected chi connectivity index (χ3v) is 5.84. The number of hydrogen-bond acceptors (Lipinski definition) is 3. The number of anilines is 1. The minimum absolute atomic E-state index is 0.296. The number of carbonyl (C=O) groups is 2. The van der Waals surface area contributed by atoms with E-state index in [0.717, 1.165) is 27.7 Å². The molecule has 6 nitrogen and oxygen atoms in total. The van der Waals surface area contributed by atoms with Gasteiger partial charge in [0, 0.05) is 36.1 Å². The number of nitrogens with zero attached hydrogens (tertiary/aromatic N) is 3. The van der Waals surface area contributed by atoms with Gasteiger partial charge in [0.1, 0.15) is 5.69 Å². The zero-order valence-corrected chi connectivity index (χ0v) is 17.8. The average Bonchev–Trinajstić information content (AvgIpc) is 3.13. The first kappa shape index (κ1) is 19.8. The second kappa shape index (κ2) is 7.81. The van der Waals surface area contributed by atoms with Crippen molar-refractivity contribution in [3.63, 3.8) is 0 Å². The molecule has 1 aromatic heterocycles. The van der Waals surface area contributed by atoms with Crippen molar-refractivity contribution in [2.75, 3.05) is 11.9 Å². The van der Waals surface area contributed by atoms with Crippen LogP contribution in [0, 0.1) is 0 Å². The summed E-state index contributed by atoms with van der Waals surface area (Å²) in [5.74, 6) is -0.645. The van der Waals surface area contributed by atoms with E-state index in [9.17, 15) is 9.59 Å². The van der Waals surface area contributed by atoms with E-state index in [1.165, 1.54) is 0 Å². The van der Waals surface area contributed by atoms with Gasteiger partial charge in [0.25, 0.3) is 11.8 Å². The number of nitrogens with one attached hydrogen (secondary N) is 1. The van der Waals surface area contributed by atoms with Crippen LogP contribution in [0.2, 0.25) is 0 Å². The van der Waals surface area contributed by atoms with E-state index in [-0.39, 0.29) is 11.8 Å². The number of likely N-dealkylation sites (N-methyl/N-ethyl adjacent to an activating group) is 1. The lowest BCUT2D eigenvalue weighted by Gasteiger charge is -2.21. The summed E-state index contributed by atoms with van der Waals surface area (Å²) in [5, 5.41) is 3.82. The third kappa shape index (κ3) is 3.26. The monoisotopic (exact) mass is 422 g/mol. The Morgan fingerprint density at radius 1 is 0.906 bits per heavy atom. The van der Waals surface area contributed by atoms with Gasteiger partial charge in [-0.1, -0.05) is 66.7 Å². The summed E-state index contributed by atoms with van der Waals surface area (Å²) in [4.78, 5) is 32.8. The first-order chi connectivity index (χ1) is 15.5. The van der Waals surface area contributed by atoms with Gasteiger partial charge in [0.05, 0.1) is 11.4 Å². The number of hydrogen-bond donors (Lipinski definition) is 1. The van der Waals surface area contributed by atoms with E-state index in [2.05, 4.69) is 5.32 Å². The van der Waals surface area contributed by atoms with Crippen molar-refractivity contribution in [2.24, 2.45) is 12.0 Å². The van der Waals surface area contributed by atoms with Crippen LogP contribution in [0.4, 0.5) is 5.69 Å². The summed E-state index contributed by atoms with van der Waals surface area (Å²) in [6, 6.07) is 26.9. The molecular formula is C26H22N4O2. The van der Waals surface area contributed by atoms with Crippen molar-refractivity contribution >= 4 is 34.1 Å². The average molecular weight is 422 g/mol. The highest BCUT2D eigenvalue weighted by atomic mass is 16.2. The lowest BCUT2D eigenvalue weighted by molar-refractivity contribution is -0.119. The summed E-state index contributed by atoms with van der Waals surface area (Å²) >= 11 is 0. The predicted molar refractivity (Wildman–Crippen MR) is 126 cm³/mol. The minimum atomic E-state index is -1.05. The molecular weight excluding hydrogens is 400 g/mol. The molecule has 1 N–H and O–H groups in total. The van der Waals surface area contributed by atoms with Crippen LogP contribution >= 0.6 is 0 Å². The second-order valence-corrected chi connectivity index (χ2v) is 7.78. The lowest BCUT2D eigenvalue weighted by Crippen LogP contribution is -2.46. The zero-order chi connectivity index (χ0) is 22.2. The van der Waals surface area contributed by atoms with Crippen LogP contribution < -0.4 is 10.2 Å². The molecule has 6 heteroatoms. The molecule has 0 fully saturated rings. The maximum Gasteiger partial charge on any atom is 0.272 e. The Morgan fingerprint density at radius 3 is 2.38 bits per heavy atom. The molecule has 2 heterocycles. The van der Waals surface area contributed by atoms with Crippen molar-refractivity contribution in [3.05, 3.63) is 102 Å². The molecule has 0 spiro atoms. The molecule has 1 aliphatic rings. The summed E-state index contributed by atoms with van der Waals surface area (Å²) in [7, 11) is 3.55. The molecule has 0 unspecified atom stereocenters. The summed E-state index contributed by atoms with van der Waals surface area (Å²) in [6.07, 6.45) is -1.05. The Bertz CT molecular complexity index is 1370. The van der Waals surface area contributed by atoms with Gasteiger partial charge in [-0.15, -0.1) is 0 Å². The molecule has 0 saturated carbocycles. The van der Waals surface area contributed by atoms with Crippen LogP contribution in [-0.4, -0.2) is 35.3 Å². The normalized spacial score (nSPS) is 15.8. The van der Waals surface area contributed by atoms with Crippen molar-refractivity contribution < 1.29 is 9.59 Å². The number of benzodiazepines with no additional fused rings is 1. The van der Waals surface area contributed by atoms with Crippen molar-refractivity contribution in [2.45, 2.75) is 6.17 Å². The number of rotatable bonds is 3. The molecule has 0 radical (unpaired) electrons. The molecule has 2 amide bonds. The zero-order valence-electron chi connectivity index (χ0n) is 17.8. The van der Waals surface area contributed by atoms with Crippen molar-refractivity contribution in [1.82, 2.24) is 9.88 Å². The van der Waals surface area contributed by atoms with Gasteiger partial charge in [0.15, 0.2) is 0 Å². The predicted octanol–water partition coefficient (Wildman–Crippen LogP) is 3.75. The largest absolute Gasteiger partial charge is 0.340 e. The Balaban J connectivity index is 1.58. The van der Waals surface area contributed by atoms with E-state index < -0.39 is 6.17 Å². The number of aliphatic imine (C=N–C) groups is 1. The van der Waals surface area contributed by atoms with Crippen LogP contribution in [0.15, 0.2) is 89.9 Å². The molecule has 0 saturated heterocycles. The standard InChI is InChI=1S/C26H22N4O2/c1-29-20-14-8-6-12-18(20)16-22(29)25(31)28-24-26(32)30(2)21-15-9-7-13-19(21)23(27-24)17-10-4-3-5-11-17/h3-16,24H,1-2H3,(H,28,31)/t24-/m0/s1. The number of fused-ring (bicyclic) bond motifs is 2. The third-order valence-electron chi connectivity index (χ3n) is 5.84. The van der Waals surface area contributed by atoms with Crippen LogP contribution in [0.3, 0.4) is 0 Å². The Kier molecular flexibility index (Phi) is 4.82. The molecule has 1 aliphatic heterocycles. The maximum absolute atomic E-state index is 13.3. The first-order valence-electron chi connectivity index (χ1n) is 10.4. The summed E-state index contributed by atoms with van der Waals surface area (Å²) in [6.45, 7) is 0. The number of benzene rings is 3. The van der Waals surface area contributed by atoms with Gasteiger partial charge in [-0.25, -0.2) is 4.99 Å². The molecule has 5 rings (SSSR count). The number of aromatic nitrogens is 1. The fourth-order valence-electron chi connectivity index (χ4n) is 4.15. The Morgan fingerprint density at radius 2 is 1.59 bits per heavy atom. The summed E-state index contributed by atoms with van der Waals surface area (Å²) < 4.78 is 1.83. The van der Waals surface area contributed by atoms with Crippen LogP contribution in [0.5, 0.6) is 0 Å². The highest BCUT2D eigenvalue weighted by Gasteiger charge is 2.31. The fraction of sp³-hybridized carbons (Fsp3) is 0.115. The van der Waals surface area contributed by atoms with Gasteiger partial charge in [-0.05, 0) is 18.2 Å². The molecule has 32 heavy (non-hydrogen) atoms. The number of carbonyl (C=O) groups excluding carboxylic acids is 2. The number of para-hydroxylation sites is 2. The molecule has 0 bridgehead atoms. The molecule has 3 aromatic carbocycles. The first-order valence-corrected chi connectivity index (χ1v) is 10.4. The molecule has 158 valence electrons. The minimum Gasteiger partial charge on any atom is -0.340 e. The van der Waals surface area contributed by atoms with Gasteiger partial charge < -0.3 is 14.8 Å². The SMILES string of the molecule is CN1C(=O)[C@H](NC(=O)c2cc3ccccc3n2C)N=C(c2ccccc2)c2ccccc21. The lowest BCUT2D eigenvalue weighted by atomic mass is 10.0. The van der Waals surface area contributed by atoms with Crippen LogP contribution in [-0.2, 0) is 11.8 Å². The Labute approximate surface area is 185 Å². The van der Waals surface area contributed by atoms with E-state index in [1.54, 1.807) is 11.9 Å². The van der Waals surface area contributed by atoms with E-state index in [0.29, 0.717) is 11.4 Å². The topological polar surface area (TPSA) is 66.7 Å². The summed E-state index contributed by atoms with van der Waals surface area (Å²) in [5.41, 5.74) is 4.56. The quantitative estimate of drug-likeness (QED) is 0.547. The second-order valence-electron chi connectivity index (χ2n) is 7.78. The number of amides is 2. The smallest absolute Gasteiger partial charge is 0.272 e. The molecule has 0 aliphatic carbocycles. The molecule has 4 aromatic rings. The van der Waals surface area contributed by atoms with Crippen molar-refractivity contribution in [3.8, 4) is 0 Å².